The van der Waals surface area contributed by atoms with Gasteiger partial charge in [-0.1, -0.05) is 70.8 Å². The number of ketones is 2. The first-order chi connectivity index (χ1) is 15.9. The number of carbonyl (C=O) groups is 2. The van der Waals surface area contributed by atoms with Crippen molar-refractivity contribution in [1.82, 2.24) is 4.57 Å². The fourth-order valence-corrected chi connectivity index (χ4v) is 4.83. The second-order valence-electron chi connectivity index (χ2n) is 11.6. The first-order valence-corrected chi connectivity index (χ1v) is 12.7. The van der Waals surface area contributed by atoms with Gasteiger partial charge in [0.15, 0.2) is 5.78 Å². The second kappa shape index (κ2) is 9.00. The van der Waals surface area contributed by atoms with Crippen LogP contribution in [0.4, 0.5) is 0 Å². The highest BCUT2D eigenvalue weighted by atomic mass is 35.5. The van der Waals surface area contributed by atoms with E-state index in [4.69, 9.17) is 11.6 Å². The number of benzene rings is 2. The zero-order chi connectivity index (χ0) is 24.8. The minimum Gasteiger partial charge on any atom is -0.339 e. The van der Waals surface area contributed by atoms with Gasteiger partial charge in [0.2, 0.25) is 0 Å². The summed E-state index contributed by atoms with van der Waals surface area (Å²) in [6.45, 7) is 12.8. The van der Waals surface area contributed by atoms with Crippen LogP contribution in [0.5, 0.6) is 0 Å². The van der Waals surface area contributed by atoms with Gasteiger partial charge in [-0.2, -0.15) is 0 Å². The van der Waals surface area contributed by atoms with Crippen LogP contribution in [0.25, 0.3) is 10.9 Å². The maximum atomic E-state index is 13.9. The van der Waals surface area contributed by atoms with E-state index >= 15 is 0 Å². The molecule has 0 amide bonds. The van der Waals surface area contributed by atoms with Crippen molar-refractivity contribution in [3.8, 4) is 0 Å². The van der Waals surface area contributed by atoms with Gasteiger partial charge in [-0.25, -0.2) is 0 Å². The van der Waals surface area contributed by atoms with Crippen LogP contribution >= 0.6 is 11.6 Å². The van der Waals surface area contributed by atoms with Gasteiger partial charge in [-0.3, -0.25) is 9.59 Å². The Morgan fingerprint density at radius 2 is 1.65 bits per heavy atom. The molecular weight excluding hydrogens is 442 g/mol. The maximum absolute atomic E-state index is 13.9. The minimum absolute atomic E-state index is 0.0257. The van der Waals surface area contributed by atoms with Gasteiger partial charge in [0, 0.05) is 51.5 Å². The molecule has 0 unspecified atom stereocenters. The van der Waals surface area contributed by atoms with Gasteiger partial charge in [0.25, 0.3) is 0 Å². The number of fused-ring (bicyclic) bond motifs is 1. The van der Waals surface area contributed by atoms with E-state index in [-0.39, 0.29) is 22.9 Å². The van der Waals surface area contributed by atoms with E-state index in [2.05, 4.69) is 43.5 Å². The largest absolute Gasteiger partial charge is 0.339 e. The van der Waals surface area contributed by atoms with Crippen LogP contribution in [-0.2, 0) is 23.2 Å². The highest BCUT2D eigenvalue weighted by Gasteiger charge is 2.35. The van der Waals surface area contributed by atoms with E-state index in [1.807, 2.05) is 38.1 Å². The lowest BCUT2D eigenvalue weighted by atomic mass is 9.77. The Kier molecular flexibility index (Phi) is 6.54. The van der Waals surface area contributed by atoms with Crippen LogP contribution < -0.4 is 0 Å². The van der Waals surface area contributed by atoms with E-state index < -0.39 is 5.41 Å². The molecule has 1 saturated carbocycles. The van der Waals surface area contributed by atoms with Gasteiger partial charge >= 0.3 is 0 Å². The molecule has 0 radical (unpaired) electrons. The fourth-order valence-electron chi connectivity index (χ4n) is 4.70. The molecule has 34 heavy (non-hydrogen) atoms. The molecule has 1 fully saturated rings. The zero-order valence-corrected chi connectivity index (χ0v) is 22.1. The summed E-state index contributed by atoms with van der Waals surface area (Å²) in [5.74, 6) is 0.465. The van der Waals surface area contributed by atoms with Crippen LogP contribution in [0.1, 0.15) is 88.0 Å². The van der Waals surface area contributed by atoms with E-state index in [1.165, 1.54) is 5.56 Å². The first kappa shape index (κ1) is 24.7. The molecule has 1 heterocycles. The standard InChI is InChI=1S/C30H36ClNO2/c1-19(33)30(5,6)17-26-27(28(34)21-8-7-9-21)24-16-22(29(2,3)4)12-15-25(24)32(26)18-20-10-13-23(31)14-11-20/h10-16,21H,7-9,17-18H2,1-6H3. The maximum Gasteiger partial charge on any atom is 0.168 e. The molecule has 1 aliphatic carbocycles. The number of halogens is 1. The highest BCUT2D eigenvalue weighted by Crippen LogP contribution is 2.39. The summed E-state index contributed by atoms with van der Waals surface area (Å²) in [5, 5.41) is 1.72. The van der Waals surface area contributed by atoms with Crippen LogP contribution in [0, 0.1) is 11.3 Å². The Balaban J connectivity index is 1.99. The summed E-state index contributed by atoms with van der Waals surface area (Å²) >= 11 is 6.14. The lowest BCUT2D eigenvalue weighted by molar-refractivity contribution is -0.124. The number of nitrogens with zero attached hydrogens (tertiary/aromatic N) is 1. The fraction of sp³-hybridized carbons (Fsp3) is 0.467. The molecule has 1 aliphatic rings. The zero-order valence-electron chi connectivity index (χ0n) is 21.3. The first-order valence-electron chi connectivity index (χ1n) is 12.3. The Hall–Kier alpha value is -2.39. The molecule has 180 valence electrons. The van der Waals surface area contributed by atoms with Gasteiger partial charge in [-0.15, -0.1) is 0 Å². The van der Waals surface area contributed by atoms with Crippen LogP contribution in [0.15, 0.2) is 42.5 Å². The number of hydrogen-bond acceptors (Lipinski definition) is 2. The van der Waals surface area contributed by atoms with Gasteiger partial charge < -0.3 is 4.57 Å². The molecule has 4 heteroatoms. The van der Waals surface area contributed by atoms with Crippen molar-refractivity contribution in [2.75, 3.05) is 0 Å². The molecular formula is C30H36ClNO2. The highest BCUT2D eigenvalue weighted by molar-refractivity contribution is 6.30. The summed E-state index contributed by atoms with van der Waals surface area (Å²) in [4.78, 5) is 26.4. The van der Waals surface area contributed by atoms with Crippen molar-refractivity contribution in [3.05, 3.63) is 69.9 Å². The van der Waals surface area contributed by atoms with Crippen molar-refractivity contribution >= 4 is 34.1 Å². The average molecular weight is 478 g/mol. The van der Waals surface area contributed by atoms with Crippen molar-refractivity contribution in [2.45, 2.75) is 79.2 Å². The summed E-state index contributed by atoms with van der Waals surface area (Å²) in [5.41, 5.74) is 4.60. The third-order valence-corrected chi connectivity index (χ3v) is 7.83. The predicted molar refractivity (Wildman–Crippen MR) is 141 cm³/mol. The molecule has 0 bridgehead atoms. The van der Waals surface area contributed by atoms with Crippen molar-refractivity contribution in [1.29, 1.82) is 0 Å². The Morgan fingerprint density at radius 3 is 2.18 bits per heavy atom. The van der Waals surface area contributed by atoms with E-state index in [0.717, 1.165) is 47.0 Å². The molecule has 4 rings (SSSR count). The van der Waals surface area contributed by atoms with Crippen molar-refractivity contribution in [2.24, 2.45) is 11.3 Å². The number of Topliss-reactive ketones (excluding diaryl/α,β-unsaturated/α-hetero) is 2. The van der Waals surface area contributed by atoms with Crippen LogP contribution in [0.3, 0.4) is 0 Å². The molecule has 0 saturated heterocycles. The number of hydrogen-bond donors (Lipinski definition) is 0. The summed E-state index contributed by atoms with van der Waals surface area (Å²) in [6, 6.07) is 14.4. The molecule has 2 aromatic carbocycles. The minimum atomic E-state index is -0.562. The average Bonchev–Trinajstić information content (AvgIpc) is 2.99. The topological polar surface area (TPSA) is 39.1 Å². The lowest BCUT2D eigenvalue weighted by Crippen LogP contribution is -2.28. The van der Waals surface area contributed by atoms with Gasteiger partial charge in [0.05, 0.1) is 0 Å². The van der Waals surface area contributed by atoms with E-state index in [1.54, 1.807) is 6.92 Å². The quantitative estimate of drug-likeness (QED) is 0.326. The van der Waals surface area contributed by atoms with E-state index in [0.29, 0.717) is 18.0 Å². The normalized spacial score (nSPS) is 14.9. The van der Waals surface area contributed by atoms with Crippen LogP contribution in [-0.4, -0.2) is 16.1 Å². The lowest BCUT2D eigenvalue weighted by Gasteiger charge is -2.27. The molecule has 3 nitrogen and oxygen atoms in total. The van der Waals surface area contributed by atoms with Crippen molar-refractivity contribution in [3.63, 3.8) is 0 Å². The molecule has 0 N–H and O–H groups in total. The molecule has 0 aliphatic heterocycles. The molecule has 1 aromatic heterocycles. The Morgan fingerprint density at radius 1 is 1.00 bits per heavy atom. The molecule has 0 spiro atoms. The number of carbonyl (C=O) groups excluding carboxylic acids is 2. The second-order valence-corrected chi connectivity index (χ2v) is 12.1. The summed E-state index contributed by atoms with van der Waals surface area (Å²) in [7, 11) is 0. The van der Waals surface area contributed by atoms with E-state index in [9.17, 15) is 9.59 Å². The predicted octanol–water partition coefficient (Wildman–Crippen LogP) is 7.78. The monoisotopic (exact) mass is 477 g/mol. The third-order valence-electron chi connectivity index (χ3n) is 7.58. The van der Waals surface area contributed by atoms with Crippen molar-refractivity contribution < 1.29 is 9.59 Å². The summed E-state index contributed by atoms with van der Waals surface area (Å²) < 4.78 is 2.27. The molecule has 3 aromatic rings. The van der Waals surface area contributed by atoms with Crippen LogP contribution in [0.2, 0.25) is 5.02 Å². The number of aromatic nitrogens is 1. The Bertz CT molecular complexity index is 1240. The number of rotatable bonds is 7. The summed E-state index contributed by atoms with van der Waals surface area (Å²) in [6.07, 6.45) is 3.55. The van der Waals surface area contributed by atoms with Gasteiger partial charge in [0.1, 0.15) is 5.78 Å². The Labute approximate surface area is 208 Å². The SMILES string of the molecule is CC(=O)C(C)(C)Cc1c(C(=O)C2CCC2)c2cc(C(C)(C)C)ccc2n1Cc1ccc(Cl)cc1. The molecule has 0 atom stereocenters. The van der Waals surface area contributed by atoms with Gasteiger partial charge in [-0.05, 0) is 60.6 Å². The third kappa shape index (κ3) is 4.73. The smallest absolute Gasteiger partial charge is 0.168 e.